The van der Waals surface area contributed by atoms with Gasteiger partial charge < -0.3 is 15.5 Å². The molecule has 0 aromatic carbocycles. The summed E-state index contributed by atoms with van der Waals surface area (Å²) in [6, 6.07) is 0. The first-order valence-electron chi connectivity index (χ1n) is 8.37. The second-order valence-electron chi connectivity index (χ2n) is 6.16. The molecule has 1 rings (SSSR count). The molecule has 0 saturated carbocycles. The first kappa shape index (κ1) is 17.3. The van der Waals surface area contributed by atoms with Gasteiger partial charge in [0.25, 0.3) is 0 Å². The van der Waals surface area contributed by atoms with Crippen LogP contribution in [0, 0.1) is 0 Å². The normalized spacial score (nSPS) is 22.6. The molecule has 20 heavy (non-hydrogen) atoms. The quantitative estimate of drug-likeness (QED) is 0.627. The van der Waals surface area contributed by atoms with E-state index in [0.29, 0.717) is 0 Å². The van der Waals surface area contributed by atoms with Crippen LogP contribution in [0.5, 0.6) is 0 Å². The Morgan fingerprint density at radius 1 is 1.20 bits per heavy atom. The smallest absolute Gasteiger partial charge is 0.191 e. The van der Waals surface area contributed by atoms with Crippen molar-refractivity contribution in [1.82, 2.24) is 9.80 Å². The van der Waals surface area contributed by atoms with Gasteiger partial charge in [0, 0.05) is 13.1 Å². The van der Waals surface area contributed by atoms with Crippen LogP contribution in [0.4, 0.5) is 0 Å². The molecular formula is C16H34N4. The van der Waals surface area contributed by atoms with E-state index < -0.39 is 0 Å². The van der Waals surface area contributed by atoms with Crippen LogP contribution in [-0.2, 0) is 0 Å². The van der Waals surface area contributed by atoms with Crippen molar-refractivity contribution >= 4 is 5.96 Å². The lowest BCUT2D eigenvalue weighted by atomic mass is 9.93. The summed E-state index contributed by atoms with van der Waals surface area (Å²) in [5.74, 6) is 0.746. The van der Waals surface area contributed by atoms with E-state index in [4.69, 9.17) is 5.73 Å². The molecule has 1 aliphatic rings. The number of likely N-dealkylation sites (N-methyl/N-ethyl adjacent to an activating group) is 1. The molecule has 1 aliphatic heterocycles. The molecule has 0 saturated heterocycles. The van der Waals surface area contributed by atoms with Crippen LogP contribution in [0.3, 0.4) is 0 Å². The van der Waals surface area contributed by atoms with Crippen LogP contribution in [-0.4, -0.2) is 54.0 Å². The van der Waals surface area contributed by atoms with E-state index in [-0.39, 0.29) is 5.54 Å². The summed E-state index contributed by atoms with van der Waals surface area (Å²) in [7, 11) is 0. The Morgan fingerprint density at radius 3 is 2.50 bits per heavy atom. The summed E-state index contributed by atoms with van der Waals surface area (Å²) in [4.78, 5) is 9.29. The standard InChI is InChI=1S/C16H34N4/c1-5-8-9-10-11-16(4)14-18-15(17)20(16)13-12-19(6-2)7-3/h5-14H2,1-4H3,(H2,17,18). The monoisotopic (exact) mass is 282 g/mol. The summed E-state index contributed by atoms with van der Waals surface area (Å²) >= 11 is 0. The number of hydrogen-bond acceptors (Lipinski definition) is 4. The summed E-state index contributed by atoms with van der Waals surface area (Å²) < 4.78 is 0. The zero-order valence-electron chi connectivity index (χ0n) is 14.0. The molecule has 0 fully saturated rings. The van der Waals surface area contributed by atoms with Crippen molar-refractivity contribution in [1.29, 1.82) is 0 Å². The van der Waals surface area contributed by atoms with Gasteiger partial charge >= 0.3 is 0 Å². The number of rotatable bonds is 10. The Bertz CT molecular complexity index is 299. The molecule has 1 heterocycles. The minimum absolute atomic E-state index is 0.144. The summed E-state index contributed by atoms with van der Waals surface area (Å²) in [5.41, 5.74) is 6.26. The number of nitrogens with zero attached hydrogens (tertiary/aromatic N) is 3. The van der Waals surface area contributed by atoms with E-state index in [1.165, 1.54) is 32.1 Å². The number of nitrogens with two attached hydrogens (primary N) is 1. The zero-order chi connectivity index (χ0) is 15.0. The third-order valence-electron chi connectivity index (χ3n) is 4.61. The number of aliphatic imine (C=N–C) groups is 1. The Hall–Kier alpha value is -0.770. The Kier molecular flexibility index (Phi) is 7.35. The van der Waals surface area contributed by atoms with Crippen LogP contribution >= 0.6 is 0 Å². The van der Waals surface area contributed by atoms with Crippen molar-refractivity contribution in [3.8, 4) is 0 Å². The summed E-state index contributed by atoms with van der Waals surface area (Å²) in [6.45, 7) is 14.2. The molecule has 1 atom stereocenters. The predicted octanol–water partition coefficient (Wildman–Crippen LogP) is 2.69. The van der Waals surface area contributed by atoms with Crippen molar-refractivity contribution in [2.24, 2.45) is 10.7 Å². The molecule has 0 radical (unpaired) electrons. The zero-order valence-corrected chi connectivity index (χ0v) is 14.0. The van der Waals surface area contributed by atoms with Gasteiger partial charge in [-0.3, -0.25) is 4.99 Å². The molecule has 1 unspecified atom stereocenters. The second-order valence-corrected chi connectivity index (χ2v) is 6.16. The fourth-order valence-electron chi connectivity index (χ4n) is 3.01. The van der Waals surface area contributed by atoms with E-state index in [0.717, 1.165) is 38.7 Å². The van der Waals surface area contributed by atoms with Crippen LogP contribution in [0.25, 0.3) is 0 Å². The maximum atomic E-state index is 6.11. The molecular weight excluding hydrogens is 248 g/mol. The largest absolute Gasteiger partial charge is 0.370 e. The lowest BCUT2D eigenvalue weighted by Crippen LogP contribution is -2.52. The Morgan fingerprint density at radius 2 is 1.90 bits per heavy atom. The van der Waals surface area contributed by atoms with Gasteiger partial charge in [-0.2, -0.15) is 0 Å². The third kappa shape index (κ3) is 4.65. The number of unbranched alkanes of at least 4 members (excludes halogenated alkanes) is 3. The van der Waals surface area contributed by atoms with Crippen molar-refractivity contribution in [2.75, 3.05) is 32.7 Å². The van der Waals surface area contributed by atoms with Gasteiger partial charge in [-0.05, 0) is 26.4 Å². The summed E-state index contributed by atoms with van der Waals surface area (Å²) in [5, 5.41) is 0. The highest BCUT2D eigenvalue weighted by Crippen LogP contribution is 2.27. The summed E-state index contributed by atoms with van der Waals surface area (Å²) in [6.07, 6.45) is 6.45. The maximum absolute atomic E-state index is 6.11. The Balaban J connectivity index is 2.48. The molecule has 4 heteroatoms. The molecule has 0 spiro atoms. The molecule has 0 aromatic heterocycles. The van der Waals surface area contributed by atoms with Crippen LogP contribution in [0.15, 0.2) is 4.99 Å². The molecule has 118 valence electrons. The first-order valence-corrected chi connectivity index (χ1v) is 8.37. The predicted molar refractivity (Wildman–Crippen MR) is 88.1 cm³/mol. The maximum Gasteiger partial charge on any atom is 0.191 e. The highest BCUT2D eigenvalue weighted by atomic mass is 15.4. The van der Waals surface area contributed by atoms with Gasteiger partial charge in [0.2, 0.25) is 0 Å². The number of guanidine groups is 1. The first-order chi connectivity index (χ1) is 9.57. The Labute approximate surface area is 125 Å². The van der Waals surface area contributed by atoms with E-state index in [9.17, 15) is 0 Å². The molecule has 0 aromatic rings. The minimum atomic E-state index is 0.144. The van der Waals surface area contributed by atoms with Gasteiger partial charge in [-0.25, -0.2) is 0 Å². The van der Waals surface area contributed by atoms with Gasteiger partial charge in [-0.15, -0.1) is 0 Å². The van der Waals surface area contributed by atoms with Crippen molar-refractivity contribution in [3.63, 3.8) is 0 Å². The molecule has 4 nitrogen and oxygen atoms in total. The molecule has 0 bridgehead atoms. The van der Waals surface area contributed by atoms with E-state index in [2.05, 4.69) is 42.5 Å². The topological polar surface area (TPSA) is 44.9 Å². The van der Waals surface area contributed by atoms with Crippen molar-refractivity contribution in [3.05, 3.63) is 0 Å². The lowest BCUT2D eigenvalue weighted by Gasteiger charge is -2.37. The van der Waals surface area contributed by atoms with E-state index in [1.807, 2.05) is 0 Å². The van der Waals surface area contributed by atoms with Gasteiger partial charge in [0.05, 0.1) is 12.1 Å². The minimum Gasteiger partial charge on any atom is -0.370 e. The highest BCUT2D eigenvalue weighted by molar-refractivity contribution is 5.80. The van der Waals surface area contributed by atoms with Crippen LogP contribution < -0.4 is 5.73 Å². The fourth-order valence-corrected chi connectivity index (χ4v) is 3.01. The lowest BCUT2D eigenvalue weighted by molar-refractivity contribution is 0.174. The van der Waals surface area contributed by atoms with Gasteiger partial charge in [0.1, 0.15) is 0 Å². The fraction of sp³-hybridized carbons (Fsp3) is 0.938. The molecule has 0 amide bonds. The highest BCUT2D eigenvalue weighted by Gasteiger charge is 2.36. The SMILES string of the molecule is CCCCCCC1(C)CN=C(N)N1CCN(CC)CC. The third-order valence-corrected chi connectivity index (χ3v) is 4.61. The van der Waals surface area contributed by atoms with Crippen molar-refractivity contribution in [2.45, 2.75) is 65.3 Å². The average molecular weight is 282 g/mol. The molecule has 0 aliphatic carbocycles. The molecule has 2 N–H and O–H groups in total. The van der Waals surface area contributed by atoms with Crippen molar-refractivity contribution < 1.29 is 0 Å². The van der Waals surface area contributed by atoms with E-state index in [1.54, 1.807) is 0 Å². The van der Waals surface area contributed by atoms with Gasteiger partial charge in [0.15, 0.2) is 5.96 Å². The second kappa shape index (κ2) is 8.50. The van der Waals surface area contributed by atoms with E-state index >= 15 is 0 Å². The van der Waals surface area contributed by atoms with Crippen LogP contribution in [0.1, 0.15) is 59.8 Å². The average Bonchev–Trinajstić information content (AvgIpc) is 2.73. The number of hydrogen-bond donors (Lipinski definition) is 1. The van der Waals surface area contributed by atoms with Gasteiger partial charge in [-0.1, -0.05) is 46.5 Å². The van der Waals surface area contributed by atoms with Crippen LogP contribution in [0.2, 0.25) is 0 Å².